The largest absolute Gasteiger partial charge is 0.497 e. The Morgan fingerprint density at radius 3 is 2.35 bits per heavy atom. The van der Waals surface area contributed by atoms with Crippen molar-refractivity contribution in [2.45, 2.75) is 0 Å². The number of fused-ring (bicyclic) bond motifs is 2. The van der Waals surface area contributed by atoms with Gasteiger partial charge in [0.2, 0.25) is 0 Å². The number of hydrogen-bond donors (Lipinski definition) is 0. The van der Waals surface area contributed by atoms with Crippen LogP contribution < -0.4 is 4.74 Å². The number of hydrogen-bond acceptors (Lipinski definition) is 1. The van der Waals surface area contributed by atoms with Crippen molar-refractivity contribution in [2.24, 2.45) is 0 Å². The molecular formula is C21H15IO. The second-order valence-electron chi connectivity index (χ2n) is 5.54. The van der Waals surface area contributed by atoms with Gasteiger partial charge in [-0.3, -0.25) is 0 Å². The first-order valence-electron chi connectivity index (χ1n) is 7.52. The quantitative estimate of drug-likeness (QED) is 0.354. The minimum atomic E-state index is 0.889. The zero-order valence-electron chi connectivity index (χ0n) is 12.7. The molecule has 0 unspecified atom stereocenters. The van der Waals surface area contributed by atoms with Gasteiger partial charge in [0, 0.05) is 9.13 Å². The highest BCUT2D eigenvalue weighted by molar-refractivity contribution is 14.1. The summed E-state index contributed by atoms with van der Waals surface area (Å²) in [5.74, 6) is 0.889. The number of methoxy groups -OCH3 is 1. The van der Waals surface area contributed by atoms with Crippen LogP contribution in [0, 0.1) is 3.57 Å². The molecule has 0 aliphatic rings. The average molecular weight is 410 g/mol. The molecule has 0 atom stereocenters. The van der Waals surface area contributed by atoms with Gasteiger partial charge in [-0.2, -0.15) is 0 Å². The van der Waals surface area contributed by atoms with Gasteiger partial charge < -0.3 is 4.74 Å². The Balaban J connectivity index is 2.12. The maximum atomic E-state index is 5.43. The van der Waals surface area contributed by atoms with Gasteiger partial charge in [0.15, 0.2) is 0 Å². The molecule has 1 nitrogen and oxygen atoms in total. The summed E-state index contributed by atoms with van der Waals surface area (Å²) in [6.07, 6.45) is 0. The van der Waals surface area contributed by atoms with E-state index in [1.54, 1.807) is 7.11 Å². The lowest BCUT2D eigenvalue weighted by molar-refractivity contribution is 0.415. The molecule has 4 aromatic carbocycles. The summed E-state index contributed by atoms with van der Waals surface area (Å²) >= 11 is 2.43. The molecule has 0 radical (unpaired) electrons. The third-order valence-corrected chi connectivity index (χ3v) is 5.14. The van der Waals surface area contributed by atoms with Crippen molar-refractivity contribution >= 4 is 44.1 Å². The molecule has 0 amide bonds. The lowest BCUT2D eigenvalue weighted by Crippen LogP contribution is -1.89. The van der Waals surface area contributed by atoms with Crippen molar-refractivity contribution in [1.29, 1.82) is 0 Å². The van der Waals surface area contributed by atoms with E-state index in [0.29, 0.717) is 0 Å². The fourth-order valence-corrected chi connectivity index (χ4v) is 3.88. The van der Waals surface area contributed by atoms with Crippen molar-refractivity contribution in [2.75, 3.05) is 7.11 Å². The maximum absolute atomic E-state index is 5.43. The first-order chi connectivity index (χ1) is 11.3. The van der Waals surface area contributed by atoms with E-state index in [0.717, 1.165) is 5.75 Å². The van der Waals surface area contributed by atoms with Gasteiger partial charge in [0.25, 0.3) is 0 Å². The molecule has 0 aliphatic carbocycles. The van der Waals surface area contributed by atoms with Crippen molar-refractivity contribution in [3.05, 3.63) is 76.4 Å². The highest BCUT2D eigenvalue weighted by Gasteiger charge is 2.11. The van der Waals surface area contributed by atoms with Crippen molar-refractivity contribution in [3.8, 4) is 16.9 Å². The van der Waals surface area contributed by atoms with E-state index in [9.17, 15) is 0 Å². The van der Waals surface area contributed by atoms with Crippen LogP contribution in [0.25, 0.3) is 32.7 Å². The Morgan fingerprint density at radius 1 is 0.739 bits per heavy atom. The molecule has 2 heteroatoms. The van der Waals surface area contributed by atoms with Gasteiger partial charge in [0.05, 0.1) is 7.11 Å². The Morgan fingerprint density at radius 2 is 1.48 bits per heavy atom. The van der Waals surface area contributed by atoms with Crippen LogP contribution in [0.3, 0.4) is 0 Å². The normalized spacial score (nSPS) is 11.0. The van der Waals surface area contributed by atoms with E-state index in [2.05, 4.69) is 89.3 Å². The summed E-state index contributed by atoms with van der Waals surface area (Å²) in [5.41, 5.74) is 2.55. The summed E-state index contributed by atoms with van der Waals surface area (Å²) in [6, 6.07) is 25.7. The standard InChI is InChI=1S/C21H15IO/c1-23-16-11-9-15-6-4-8-18(19(15)13-16)21-17-7-3-2-5-14(17)10-12-20(21)22/h2-13H,1H3. The Kier molecular flexibility index (Phi) is 3.69. The second kappa shape index (κ2) is 5.85. The second-order valence-corrected chi connectivity index (χ2v) is 6.70. The van der Waals surface area contributed by atoms with E-state index in [1.807, 2.05) is 6.07 Å². The SMILES string of the molecule is COc1ccc2cccc(-c3c(I)ccc4ccccc34)c2c1. The molecule has 0 aromatic heterocycles. The molecule has 0 saturated carbocycles. The maximum Gasteiger partial charge on any atom is 0.119 e. The fraction of sp³-hybridized carbons (Fsp3) is 0.0476. The van der Waals surface area contributed by atoms with Crippen LogP contribution in [0.15, 0.2) is 72.8 Å². The molecule has 0 saturated heterocycles. The van der Waals surface area contributed by atoms with Crippen LogP contribution in [0.5, 0.6) is 5.75 Å². The minimum absolute atomic E-state index is 0.889. The van der Waals surface area contributed by atoms with Gasteiger partial charge in [-0.05, 0) is 67.9 Å². The molecular weight excluding hydrogens is 395 g/mol. The van der Waals surface area contributed by atoms with Crippen molar-refractivity contribution in [3.63, 3.8) is 0 Å². The van der Waals surface area contributed by atoms with Crippen LogP contribution in [0.1, 0.15) is 0 Å². The summed E-state index contributed by atoms with van der Waals surface area (Å²) in [5, 5.41) is 5.01. The van der Waals surface area contributed by atoms with E-state index in [4.69, 9.17) is 4.74 Å². The van der Waals surface area contributed by atoms with Crippen LogP contribution in [0.4, 0.5) is 0 Å². The number of benzene rings is 4. The van der Waals surface area contributed by atoms with E-state index < -0.39 is 0 Å². The molecule has 112 valence electrons. The topological polar surface area (TPSA) is 9.23 Å². The molecule has 0 bridgehead atoms. The third-order valence-electron chi connectivity index (χ3n) is 4.24. The lowest BCUT2D eigenvalue weighted by Gasteiger charge is -2.13. The number of halogens is 1. The predicted molar refractivity (Wildman–Crippen MR) is 106 cm³/mol. The highest BCUT2D eigenvalue weighted by Crippen LogP contribution is 2.38. The fourth-order valence-electron chi connectivity index (χ4n) is 3.12. The minimum Gasteiger partial charge on any atom is -0.497 e. The first-order valence-corrected chi connectivity index (χ1v) is 8.60. The monoisotopic (exact) mass is 410 g/mol. The van der Waals surface area contributed by atoms with Crippen LogP contribution >= 0.6 is 22.6 Å². The predicted octanol–water partition coefficient (Wildman–Crippen LogP) is 6.27. The third kappa shape index (κ3) is 2.47. The Bertz CT molecular complexity index is 1020. The average Bonchev–Trinajstić information content (AvgIpc) is 2.61. The van der Waals surface area contributed by atoms with Gasteiger partial charge in [0.1, 0.15) is 5.75 Å². The van der Waals surface area contributed by atoms with E-state index in [1.165, 1.54) is 36.2 Å². The van der Waals surface area contributed by atoms with Crippen LogP contribution in [-0.2, 0) is 0 Å². The van der Waals surface area contributed by atoms with E-state index >= 15 is 0 Å². The highest BCUT2D eigenvalue weighted by atomic mass is 127. The van der Waals surface area contributed by atoms with Gasteiger partial charge >= 0.3 is 0 Å². The smallest absolute Gasteiger partial charge is 0.119 e. The summed E-state index contributed by atoms with van der Waals surface area (Å²) in [4.78, 5) is 0. The molecule has 0 fully saturated rings. The molecule has 0 aliphatic heterocycles. The van der Waals surface area contributed by atoms with Crippen LogP contribution in [0.2, 0.25) is 0 Å². The zero-order chi connectivity index (χ0) is 15.8. The zero-order valence-corrected chi connectivity index (χ0v) is 14.9. The molecule has 0 heterocycles. The van der Waals surface area contributed by atoms with Crippen molar-refractivity contribution < 1.29 is 4.74 Å². The van der Waals surface area contributed by atoms with Gasteiger partial charge in [-0.15, -0.1) is 0 Å². The Hall–Kier alpha value is -2.07. The Labute approximate surface area is 149 Å². The van der Waals surface area contributed by atoms with Crippen molar-refractivity contribution in [1.82, 2.24) is 0 Å². The van der Waals surface area contributed by atoms with E-state index in [-0.39, 0.29) is 0 Å². The summed E-state index contributed by atoms with van der Waals surface area (Å²) < 4.78 is 6.69. The molecule has 4 aromatic rings. The first kappa shape index (κ1) is 14.5. The van der Waals surface area contributed by atoms with Gasteiger partial charge in [-0.1, -0.05) is 54.6 Å². The number of ether oxygens (including phenoxy) is 1. The molecule has 23 heavy (non-hydrogen) atoms. The molecule has 4 rings (SSSR count). The summed E-state index contributed by atoms with van der Waals surface area (Å²) in [6.45, 7) is 0. The van der Waals surface area contributed by atoms with Crippen LogP contribution in [-0.4, -0.2) is 7.11 Å². The summed E-state index contributed by atoms with van der Waals surface area (Å²) in [7, 11) is 1.71. The molecule has 0 spiro atoms. The lowest BCUT2D eigenvalue weighted by atomic mass is 9.94. The number of rotatable bonds is 2. The van der Waals surface area contributed by atoms with Gasteiger partial charge in [-0.25, -0.2) is 0 Å². The molecule has 0 N–H and O–H groups in total.